The van der Waals surface area contributed by atoms with E-state index in [-0.39, 0.29) is 18.2 Å². The van der Waals surface area contributed by atoms with E-state index in [9.17, 15) is 4.79 Å². The van der Waals surface area contributed by atoms with Gasteiger partial charge in [-0.25, -0.2) is 0 Å². The second-order valence-electron chi connectivity index (χ2n) is 3.66. The van der Waals surface area contributed by atoms with Crippen LogP contribution >= 0.6 is 24.0 Å². The molecule has 0 saturated carbocycles. The molecule has 3 nitrogen and oxygen atoms in total. The Balaban J connectivity index is 0.00000162. The molecule has 5 heteroatoms. The predicted molar refractivity (Wildman–Crippen MR) is 77.4 cm³/mol. The van der Waals surface area contributed by atoms with Crippen LogP contribution in [0.25, 0.3) is 0 Å². The summed E-state index contributed by atoms with van der Waals surface area (Å²) in [5.74, 6) is -0.222. The Hall–Kier alpha value is -1.71. The van der Waals surface area contributed by atoms with Crippen molar-refractivity contribution in [2.24, 2.45) is 0 Å². The van der Waals surface area contributed by atoms with Gasteiger partial charge in [-0.3, -0.25) is 4.79 Å². The molecule has 0 atom stereocenters. The average Bonchev–Trinajstić information content (AvgIpc) is 2.32. The van der Waals surface area contributed by atoms with Crippen molar-refractivity contribution in [3.05, 3.63) is 58.6 Å². The van der Waals surface area contributed by atoms with E-state index < -0.39 is 0 Å². The number of nitrogen functional groups attached to an aromatic ring is 2. The first kappa shape index (κ1) is 14.4. The number of anilines is 2. The maximum atomic E-state index is 12.2. The van der Waals surface area contributed by atoms with E-state index in [0.29, 0.717) is 27.5 Å². The van der Waals surface area contributed by atoms with Gasteiger partial charge in [0, 0.05) is 22.5 Å². The van der Waals surface area contributed by atoms with Crippen molar-refractivity contribution in [3.63, 3.8) is 0 Å². The highest BCUT2D eigenvalue weighted by molar-refractivity contribution is 6.35. The first-order valence-electron chi connectivity index (χ1n) is 5.04. The van der Waals surface area contributed by atoms with Crippen LogP contribution in [0.2, 0.25) is 5.02 Å². The van der Waals surface area contributed by atoms with Gasteiger partial charge in [-0.05, 0) is 30.3 Å². The summed E-state index contributed by atoms with van der Waals surface area (Å²) in [6, 6.07) is 11.7. The SMILES string of the molecule is Cl.Nc1ccc(N)c(C(=O)c2ccccc2Cl)c1. The van der Waals surface area contributed by atoms with Crippen molar-refractivity contribution in [1.82, 2.24) is 0 Å². The minimum atomic E-state index is -0.222. The summed E-state index contributed by atoms with van der Waals surface area (Å²) < 4.78 is 0. The number of carbonyl (C=O) groups is 1. The number of rotatable bonds is 2. The molecular weight excluding hydrogens is 271 g/mol. The molecule has 0 unspecified atom stereocenters. The fourth-order valence-electron chi connectivity index (χ4n) is 1.56. The highest BCUT2D eigenvalue weighted by Gasteiger charge is 2.15. The van der Waals surface area contributed by atoms with Crippen LogP contribution in [-0.4, -0.2) is 5.78 Å². The number of hydrogen-bond donors (Lipinski definition) is 2. The monoisotopic (exact) mass is 282 g/mol. The van der Waals surface area contributed by atoms with Crippen LogP contribution in [0.4, 0.5) is 11.4 Å². The Morgan fingerprint density at radius 3 is 2.33 bits per heavy atom. The maximum Gasteiger partial charge on any atom is 0.196 e. The number of carbonyl (C=O) groups excluding carboxylic acids is 1. The van der Waals surface area contributed by atoms with Gasteiger partial charge in [0.2, 0.25) is 0 Å². The van der Waals surface area contributed by atoms with Crippen LogP contribution in [0.3, 0.4) is 0 Å². The van der Waals surface area contributed by atoms with E-state index in [0.717, 1.165) is 0 Å². The van der Waals surface area contributed by atoms with Gasteiger partial charge >= 0.3 is 0 Å². The normalized spacial score (nSPS) is 9.61. The van der Waals surface area contributed by atoms with Crippen LogP contribution < -0.4 is 11.5 Å². The van der Waals surface area contributed by atoms with E-state index in [1.165, 1.54) is 0 Å². The van der Waals surface area contributed by atoms with Crippen LogP contribution in [0.5, 0.6) is 0 Å². The number of benzene rings is 2. The fourth-order valence-corrected chi connectivity index (χ4v) is 1.78. The second-order valence-corrected chi connectivity index (χ2v) is 4.06. The molecule has 0 spiro atoms. The van der Waals surface area contributed by atoms with Crippen LogP contribution in [-0.2, 0) is 0 Å². The van der Waals surface area contributed by atoms with Crippen molar-refractivity contribution in [2.45, 2.75) is 0 Å². The Bertz CT molecular complexity index is 585. The zero-order valence-corrected chi connectivity index (χ0v) is 11.0. The lowest BCUT2D eigenvalue weighted by Crippen LogP contribution is -2.06. The standard InChI is InChI=1S/C13H11ClN2O.ClH/c14-11-4-2-1-3-9(11)13(17)10-7-8(15)5-6-12(10)16;/h1-7H,15-16H2;1H. The van der Waals surface area contributed by atoms with Crippen LogP contribution in [0.15, 0.2) is 42.5 Å². The van der Waals surface area contributed by atoms with E-state index in [1.807, 2.05) is 0 Å². The minimum Gasteiger partial charge on any atom is -0.399 e. The smallest absolute Gasteiger partial charge is 0.196 e. The Morgan fingerprint density at radius 2 is 1.67 bits per heavy atom. The molecule has 2 rings (SSSR count). The Labute approximate surface area is 116 Å². The van der Waals surface area contributed by atoms with E-state index in [2.05, 4.69) is 0 Å². The van der Waals surface area contributed by atoms with Crippen LogP contribution in [0.1, 0.15) is 15.9 Å². The van der Waals surface area contributed by atoms with Crippen molar-refractivity contribution in [3.8, 4) is 0 Å². The molecule has 0 aliphatic rings. The summed E-state index contributed by atoms with van der Waals surface area (Å²) in [5, 5.41) is 0.402. The number of hydrogen-bond acceptors (Lipinski definition) is 3. The molecular formula is C13H12Cl2N2O. The fraction of sp³-hybridized carbons (Fsp3) is 0. The van der Waals surface area contributed by atoms with Gasteiger partial charge in [0.25, 0.3) is 0 Å². The second kappa shape index (κ2) is 5.76. The van der Waals surface area contributed by atoms with Crippen molar-refractivity contribution >= 4 is 41.2 Å². The number of halogens is 2. The lowest BCUT2D eigenvalue weighted by atomic mass is 10.0. The summed E-state index contributed by atoms with van der Waals surface area (Å²) in [6.07, 6.45) is 0. The van der Waals surface area contributed by atoms with E-state index in [1.54, 1.807) is 42.5 Å². The van der Waals surface area contributed by atoms with E-state index >= 15 is 0 Å². The Kier molecular flexibility index (Phi) is 4.59. The van der Waals surface area contributed by atoms with Gasteiger partial charge in [0.15, 0.2) is 5.78 Å². The van der Waals surface area contributed by atoms with Crippen molar-refractivity contribution in [2.75, 3.05) is 11.5 Å². The first-order valence-corrected chi connectivity index (χ1v) is 5.41. The average molecular weight is 283 g/mol. The summed E-state index contributed by atoms with van der Waals surface area (Å²) in [4.78, 5) is 12.2. The Morgan fingerprint density at radius 1 is 1.00 bits per heavy atom. The van der Waals surface area contributed by atoms with Crippen molar-refractivity contribution < 1.29 is 4.79 Å². The lowest BCUT2D eigenvalue weighted by molar-refractivity contribution is 0.104. The largest absolute Gasteiger partial charge is 0.399 e. The van der Waals surface area contributed by atoms with Crippen molar-refractivity contribution in [1.29, 1.82) is 0 Å². The molecule has 18 heavy (non-hydrogen) atoms. The summed E-state index contributed by atoms with van der Waals surface area (Å²) in [5.41, 5.74) is 13.1. The van der Waals surface area contributed by atoms with Gasteiger partial charge < -0.3 is 11.5 Å². The molecule has 0 saturated heterocycles. The molecule has 0 amide bonds. The third-order valence-electron chi connectivity index (χ3n) is 2.44. The number of nitrogens with two attached hydrogens (primary N) is 2. The van der Waals surface area contributed by atoms with Gasteiger partial charge in [-0.1, -0.05) is 23.7 Å². The van der Waals surface area contributed by atoms with E-state index in [4.69, 9.17) is 23.1 Å². The van der Waals surface area contributed by atoms with Gasteiger partial charge in [0.1, 0.15) is 0 Å². The molecule has 94 valence electrons. The molecule has 4 N–H and O–H groups in total. The highest BCUT2D eigenvalue weighted by Crippen LogP contribution is 2.23. The minimum absolute atomic E-state index is 0. The molecule has 0 aromatic heterocycles. The topological polar surface area (TPSA) is 69.1 Å². The zero-order valence-electron chi connectivity index (χ0n) is 9.39. The maximum absolute atomic E-state index is 12.2. The molecule has 0 aliphatic heterocycles. The molecule has 0 heterocycles. The molecule has 0 aliphatic carbocycles. The third-order valence-corrected chi connectivity index (χ3v) is 2.77. The first-order chi connectivity index (χ1) is 8.09. The quantitative estimate of drug-likeness (QED) is 0.657. The molecule has 2 aromatic carbocycles. The lowest BCUT2D eigenvalue weighted by Gasteiger charge is -2.07. The molecule has 0 bridgehead atoms. The number of ketones is 1. The molecule has 2 aromatic rings. The summed E-state index contributed by atoms with van der Waals surface area (Å²) >= 11 is 5.97. The predicted octanol–water partition coefficient (Wildman–Crippen LogP) is 3.16. The molecule has 0 radical (unpaired) electrons. The zero-order chi connectivity index (χ0) is 12.4. The van der Waals surface area contributed by atoms with Crippen LogP contribution in [0, 0.1) is 0 Å². The van der Waals surface area contributed by atoms with Gasteiger partial charge in [0.05, 0.1) is 5.02 Å². The summed E-state index contributed by atoms with van der Waals surface area (Å²) in [7, 11) is 0. The van der Waals surface area contributed by atoms with Gasteiger partial charge in [-0.15, -0.1) is 12.4 Å². The van der Waals surface area contributed by atoms with Gasteiger partial charge in [-0.2, -0.15) is 0 Å². The molecule has 0 fully saturated rings. The summed E-state index contributed by atoms with van der Waals surface area (Å²) in [6.45, 7) is 0. The highest BCUT2D eigenvalue weighted by atomic mass is 35.5. The third kappa shape index (κ3) is 2.75.